The number of amides is 1. The minimum atomic E-state index is -4.45. The van der Waals surface area contributed by atoms with Crippen molar-refractivity contribution in [1.82, 2.24) is 9.55 Å². The molecule has 0 fully saturated rings. The monoisotopic (exact) mass is 405 g/mol. The van der Waals surface area contributed by atoms with E-state index in [1.165, 1.54) is 23.9 Å². The van der Waals surface area contributed by atoms with E-state index in [1.807, 2.05) is 42.8 Å². The third-order valence-electron chi connectivity index (χ3n) is 4.04. The Morgan fingerprint density at radius 3 is 2.71 bits per heavy atom. The molecule has 3 rings (SSSR count). The van der Waals surface area contributed by atoms with Gasteiger partial charge in [0.2, 0.25) is 5.91 Å². The number of carbonyl (C=O) groups excluding carboxylic acids is 1. The lowest BCUT2D eigenvalue weighted by Crippen LogP contribution is -2.15. The van der Waals surface area contributed by atoms with Crippen molar-refractivity contribution in [2.45, 2.75) is 25.2 Å². The van der Waals surface area contributed by atoms with Gasteiger partial charge < -0.3 is 5.32 Å². The standard InChI is InChI=1S/C20H18F3N3OS/c1-13-6-7-14(2)17(10-13)26-9-8-24-19(26)28-12-18(27)25-16-5-3-4-15(11-16)20(21,22)23/h3-11H,12H2,1-2H3,(H,25,27). The van der Waals surface area contributed by atoms with Gasteiger partial charge in [-0.3, -0.25) is 9.36 Å². The highest BCUT2D eigenvalue weighted by Gasteiger charge is 2.30. The van der Waals surface area contributed by atoms with Gasteiger partial charge in [0.25, 0.3) is 0 Å². The first-order chi connectivity index (χ1) is 13.2. The van der Waals surface area contributed by atoms with Crippen LogP contribution in [0.15, 0.2) is 60.0 Å². The Labute approximate surface area is 164 Å². The summed E-state index contributed by atoms with van der Waals surface area (Å²) in [7, 11) is 0. The molecule has 0 saturated carbocycles. The SMILES string of the molecule is Cc1ccc(C)c(-n2ccnc2SCC(=O)Nc2cccc(C(F)(F)F)c2)c1. The van der Waals surface area contributed by atoms with E-state index in [2.05, 4.69) is 10.3 Å². The number of carbonyl (C=O) groups is 1. The zero-order valence-electron chi connectivity index (χ0n) is 15.2. The molecule has 0 aliphatic heterocycles. The van der Waals surface area contributed by atoms with Crippen molar-refractivity contribution >= 4 is 23.4 Å². The molecule has 2 aromatic carbocycles. The number of thioether (sulfide) groups is 1. The lowest BCUT2D eigenvalue weighted by molar-refractivity contribution is -0.137. The molecule has 1 N–H and O–H groups in total. The summed E-state index contributed by atoms with van der Waals surface area (Å²) < 4.78 is 40.2. The van der Waals surface area contributed by atoms with Gasteiger partial charge in [-0.1, -0.05) is 30.0 Å². The minimum absolute atomic E-state index is 0.0259. The molecule has 0 aliphatic carbocycles. The van der Waals surface area contributed by atoms with Gasteiger partial charge in [0.1, 0.15) is 0 Å². The molecule has 4 nitrogen and oxygen atoms in total. The molecule has 0 saturated heterocycles. The first kappa shape index (κ1) is 20.0. The second-order valence-electron chi connectivity index (χ2n) is 6.29. The molecule has 0 bridgehead atoms. The fraction of sp³-hybridized carbons (Fsp3) is 0.200. The quantitative estimate of drug-likeness (QED) is 0.591. The average Bonchev–Trinajstić information content (AvgIpc) is 3.10. The smallest absolute Gasteiger partial charge is 0.325 e. The molecule has 0 atom stereocenters. The zero-order valence-corrected chi connectivity index (χ0v) is 16.1. The first-order valence-corrected chi connectivity index (χ1v) is 9.43. The summed E-state index contributed by atoms with van der Waals surface area (Å²) in [6.45, 7) is 3.98. The van der Waals surface area contributed by atoms with Crippen LogP contribution < -0.4 is 5.32 Å². The summed E-state index contributed by atoms with van der Waals surface area (Å²) >= 11 is 1.22. The summed E-state index contributed by atoms with van der Waals surface area (Å²) in [4.78, 5) is 16.5. The molecule has 28 heavy (non-hydrogen) atoms. The molecule has 8 heteroatoms. The number of nitrogens with zero attached hydrogens (tertiary/aromatic N) is 2. The maximum atomic E-state index is 12.8. The number of hydrogen-bond acceptors (Lipinski definition) is 3. The van der Waals surface area contributed by atoms with Crippen molar-refractivity contribution in [3.8, 4) is 5.69 Å². The molecule has 0 spiro atoms. The number of aryl methyl sites for hydroxylation is 2. The second kappa shape index (κ2) is 8.10. The summed E-state index contributed by atoms with van der Waals surface area (Å²) in [5, 5.41) is 3.13. The number of hydrogen-bond donors (Lipinski definition) is 1. The van der Waals surface area contributed by atoms with Crippen molar-refractivity contribution in [2.24, 2.45) is 0 Å². The number of imidazole rings is 1. The number of nitrogens with one attached hydrogen (secondary N) is 1. The van der Waals surface area contributed by atoms with E-state index in [0.717, 1.165) is 28.9 Å². The molecule has 0 radical (unpaired) electrons. The maximum absolute atomic E-state index is 12.8. The third-order valence-corrected chi connectivity index (χ3v) is 5.00. The average molecular weight is 405 g/mol. The van der Waals surface area contributed by atoms with E-state index in [9.17, 15) is 18.0 Å². The number of rotatable bonds is 5. The van der Waals surface area contributed by atoms with Gasteiger partial charge in [0.05, 0.1) is 17.0 Å². The Kier molecular flexibility index (Phi) is 5.79. The van der Waals surface area contributed by atoms with Crippen LogP contribution >= 0.6 is 11.8 Å². The van der Waals surface area contributed by atoms with Crippen LogP contribution in [0.4, 0.5) is 18.9 Å². The lowest BCUT2D eigenvalue weighted by atomic mass is 10.1. The maximum Gasteiger partial charge on any atom is 0.416 e. The predicted octanol–water partition coefficient (Wildman–Crippen LogP) is 5.24. The largest absolute Gasteiger partial charge is 0.416 e. The van der Waals surface area contributed by atoms with E-state index in [-0.39, 0.29) is 11.4 Å². The highest BCUT2D eigenvalue weighted by atomic mass is 32.2. The van der Waals surface area contributed by atoms with Crippen LogP contribution in [0.1, 0.15) is 16.7 Å². The summed E-state index contributed by atoms with van der Waals surface area (Å²) in [5.74, 6) is -0.377. The predicted molar refractivity (Wildman–Crippen MR) is 104 cm³/mol. The van der Waals surface area contributed by atoms with E-state index in [1.54, 1.807) is 6.20 Å². The van der Waals surface area contributed by atoms with E-state index >= 15 is 0 Å². The number of aromatic nitrogens is 2. The van der Waals surface area contributed by atoms with Gasteiger partial charge in [0, 0.05) is 18.1 Å². The number of alkyl halides is 3. The zero-order chi connectivity index (χ0) is 20.3. The molecule has 3 aromatic rings. The Bertz CT molecular complexity index is 998. The molecule has 1 heterocycles. The van der Waals surface area contributed by atoms with Crippen LogP contribution in [0.5, 0.6) is 0 Å². The van der Waals surface area contributed by atoms with E-state index in [0.29, 0.717) is 5.16 Å². The van der Waals surface area contributed by atoms with Gasteiger partial charge in [-0.2, -0.15) is 13.2 Å². The van der Waals surface area contributed by atoms with Gasteiger partial charge in [0.15, 0.2) is 5.16 Å². The topological polar surface area (TPSA) is 46.9 Å². The Hall–Kier alpha value is -2.74. The lowest BCUT2D eigenvalue weighted by Gasteiger charge is -2.12. The minimum Gasteiger partial charge on any atom is -0.325 e. The highest BCUT2D eigenvalue weighted by molar-refractivity contribution is 7.99. The second-order valence-corrected chi connectivity index (χ2v) is 7.23. The van der Waals surface area contributed by atoms with Crippen molar-refractivity contribution in [3.05, 3.63) is 71.5 Å². The fourth-order valence-corrected chi connectivity index (χ4v) is 3.43. The Morgan fingerprint density at radius 1 is 1.18 bits per heavy atom. The van der Waals surface area contributed by atoms with E-state index < -0.39 is 17.6 Å². The normalized spacial score (nSPS) is 11.5. The van der Waals surface area contributed by atoms with Crippen LogP contribution in [0.25, 0.3) is 5.69 Å². The molecular weight excluding hydrogens is 387 g/mol. The van der Waals surface area contributed by atoms with Crippen LogP contribution in [0.3, 0.4) is 0 Å². The van der Waals surface area contributed by atoms with Crippen molar-refractivity contribution in [3.63, 3.8) is 0 Å². The van der Waals surface area contributed by atoms with Gasteiger partial charge >= 0.3 is 6.18 Å². The van der Waals surface area contributed by atoms with Gasteiger partial charge in [-0.05, 0) is 49.2 Å². The van der Waals surface area contributed by atoms with Crippen molar-refractivity contribution in [1.29, 1.82) is 0 Å². The van der Waals surface area contributed by atoms with Crippen molar-refractivity contribution in [2.75, 3.05) is 11.1 Å². The molecule has 146 valence electrons. The molecule has 1 aromatic heterocycles. The third kappa shape index (κ3) is 4.75. The molecule has 1 amide bonds. The van der Waals surface area contributed by atoms with E-state index in [4.69, 9.17) is 0 Å². The van der Waals surface area contributed by atoms with Gasteiger partial charge in [-0.25, -0.2) is 4.98 Å². The number of halogens is 3. The molecular formula is C20H18F3N3OS. The van der Waals surface area contributed by atoms with Crippen LogP contribution in [-0.4, -0.2) is 21.2 Å². The fourth-order valence-electron chi connectivity index (χ4n) is 2.66. The van der Waals surface area contributed by atoms with Crippen LogP contribution in [0.2, 0.25) is 0 Å². The highest BCUT2D eigenvalue weighted by Crippen LogP contribution is 2.31. The Balaban J connectivity index is 1.68. The van der Waals surface area contributed by atoms with Gasteiger partial charge in [-0.15, -0.1) is 0 Å². The number of benzene rings is 2. The van der Waals surface area contributed by atoms with Crippen LogP contribution in [0, 0.1) is 13.8 Å². The molecule has 0 unspecified atom stereocenters. The molecule has 0 aliphatic rings. The van der Waals surface area contributed by atoms with Crippen molar-refractivity contribution < 1.29 is 18.0 Å². The van der Waals surface area contributed by atoms with Crippen LogP contribution in [-0.2, 0) is 11.0 Å². The number of anilines is 1. The summed E-state index contributed by atoms with van der Waals surface area (Å²) in [6.07, 6.45) is -0.991. The summed E-state index contributed by atoms with van der Waals surface area (Å²) in [6, 6.07) is 10.6. The Morgan fingerprint density at radius 2 is 1.96 bits per heavy atom. The summed E-state index contributed by atoms with van der Waals surface area (Å²) in [5.41, 5.74) is 2.45. The first-order valence-electron chi connectivity index (χ1n) is 8.45.